The van der Waals surface area contributed by atoms with Gasteiger partial charge in [-0.3, -0.25) is 14.2 Å². The Kier molecular flexibility index (Phi) is 6.49. The van der Waals surface area contributed by atoms with Gasteiger partial charge in [-0.2, -0.15) is 0 Å². The lowest BCUT2D eigenvalue weighted by atomic mass is 10.1. The van der Waals surface area contributed by atoms with E-state index in [-0.39, 0.29) is 11.5 Å². The van der Waals surface area contributed by atoms with E-state index in [2.05, 4.69) is 15.3 Å². The van der Waals surface area contributed by atoms with E-state index in [1.54, 1.807) is 42.0 Å². The predicted molar refractivity (Wildman–Crippen MR) is 143 cm³/mol. The van der Waals surface area contributed by atoms with Gasteiger partial charge in [0.2, 0.25) is 0 Å². The van der Waals surface area contributed by atoms with Crippen molar-refractivity contribution in [3.63, 3.8) is 0 Å². The van der Waals surface area contributed by atoms with E-state index in [0.717, 1.165) is 11.1 Å². The highest BCUT2D eigenvalue weighted by atomic mass is 16.1. The molecule has 176 valence electrons. The molecule has 0 radical (unpaired) electrons. The third-order valence-electron chi connectivity index (χ3n) is 5.80. The van der Waals surface area contributed by atoms with E-state index >= 15 is 0 Å². The number of fused-ring (bicyclic) bond motifs is 1. The van der Waals surface area contributed by atoms with E-state index in [1.165, 1.54) is 0 Å². The molecule has 0 unspecified atom stereocenters. The zero-order valence-electron chi connectivity index (χ0n) is 19.8. The molecule has 6 heteroatoms. The molecule has 3 aromatic carbocycles. The summed E-state index contributed by atoms with van der Waals surface area (Å²) >= 11 is 0. The second kappa shape index (κ2) is 10.2. The number of amides is 1. The standard InChI is InChI=1S/C30H24N4O2/c1-21(18-22-10-4-2-5-11-22)29(35)32-24-14-8-15-25(20-24)34-28-26(16-9-17-31-28)33-27(30(34)36)19-23-12-6-3-7-13-23/h2-18,20H,19H2,1H3,(H,32,35). The average molecular weight is 473 g/mol. The minimum atomic E-state index is -0.242. The van der Waals surface area contributed by atoms with E-state index in [1.807, 2.05) is 78.9 Å². The molecule has 2 heterocycles. The van der Waals surface area contributed by atoms with Crippen LogP contribution in [0.3, 0.4) is 0 Å². The van der Waals surface area contributed by atoms with Crippen molar-refractivity contribution in [3.05, 3.63) is 136 Å². The minimum absolute atomic E-state index is 0.217. The Morgan fingerprint density at radius 3 is 2.44 bits per heavy atom. The molecule has 36 heavy (non-hydrogen) atoms. The zero-order valence-corrected chi connectivity index (χ0v) is 19.8. The van der Waals surface area contributed by atoms with Gasteiger partial charge in [-0.05, 0) is 54.5 Å². The van der Waals surface area contributed by atoms with Gasteiger partial charge in [-0.1, -0.05) is 66.7 Å². The molecule has 6 nitrogen and oxygen atoms in total. The first-order valence-electron chi connectivity index (χ1n) is 11.6. The largest absolute Gasteiger partial charge is 0.322 e. The monoisotopic (exact) mass is 472 g/mol. The molecule has 5 rings (SSSR count). The van der Waals surface area contributed by atoms with Gasteiger partial charge in [0.25, 0.3) is 11.5 Å². The fourth-order valence-electron chi connectivity index (χ4n) is 4.03. The summed E-state index contributed by atoms with van der Waals surface area (Å²) < 4.78 is 1.56. The summed E-state index contributed by atoms with van der Waals surface area (Å²) in [7, 11) is 0. The lowest BCUT2D eigenvalue weighted by molar-refractivity contribution is -0.112. The third kappa shape index (κ3) is 4.98. The molecule has 1 amide bonds. The van der Waals surface area contributed by atoms with Gasteiger partial charge in [0.1, 0.15) is 11.2 Å². The molecular formula is C30H24N4O2. The zero-order chi connectivity index (χ0) is 24.9. The quantitative estimate of drug-likeness (QED) is 0.335. The number of aromatic nitrogens is 3. The maximum Gasteiger partial charge on any atom is 0.278 e. The van der Waals surface area contributed by atoms with Crippen molar-refractivity contribution < 1.29 is 4.79 Å². The van der Waals surface area contributed by atoms with Crippen LogP contribution in [0, 0.1) is 0 Å². The first kappa shape index (κ1) is 22.9. The van der Waals surface area contributed by atoms with Crippen LogP contribution in [0.2, 0.25) is 0 Å². The summed E-state index contributed by atoms with van der Waals surface area (Å²) in [4.78, 5) is 35.5. The van der Waals surface area contributed by atoms with Crippen molar-refractivity contribution >= 4 is 28.8 Å². The summed E-state index contributed by atoms with van der Waals surface area (Å²) in [6, 6.07) is 30.3. The summed E-state index contributed by atoms with van der Waals surface area (Å²) in [6.07, 6.45) is 3.88. The molecule has 0 saturated heterocycles. The maximum absolute atomic E-state index is 13.6. The van der Waals surface area contributed by atoms with Crippen LogP contribution in [-0.4, -0.2) is 20.4 Å². The lowest BCUT2D eigenvalue weighted by Gasteiger charge is -2.13. The van der Waals surface area contributed by atoms with Crippen molar-refractivity contribution in [1.82, 2.24) is 14.5 Å². The SMILES string of the molecule is CC(=Cc1ccccc1)C(=O)Nc1cccc(-n2c(=O)c(Cc3ccccc3)nc3cccnc32)c1. The van der Waals surface area contributed by atoms with Crippen LogP contribution in [-0.2, 0) is 11.2 Å². The summed E-state index contributed by atoms with van der Waals surface area (Å²) in [5.41, 5.74) is 4.97. The van der Waals surface area contributed by atoms with E-state index in [4.69, 9.17) is 0 Å². The van der Waals surface area contributed by atoms with Crippen LogP contribution in [0.15, 0.2) is 114 Å². The minimum Gasteiger partial charge on any atom is -0.322 e. The van der Waals surface area contributed by atoms with Crippen molar-refractivity contribution in [3.8, 4) is 5.69 Å². The van der Waals surface area contributed by atoms with Gasteiger partial charge >= 0.3 is 0 Å². The molecule has 0 aliphatic rings. The molecule has 0 bridgehead atoms. The average Bonchev–Trinajstić information content (AvgIpc) is 2.90. The van der Waals surface area contributed by atoms with Crippen molar-refractivity contribution in [1.29, 1.82) is 0 Å². The van der Waals surface area contributed by atoms with Crippen LogP contribution < -0.4 is 10.9 Å². The van der Waals surface area contributed by atoms with Crippen molar-refractivity contribution in [2.45, 2.75) is 13.3 Å². The predicted octanol–water partition coefficient (Wildman–Crippen LogP) is 5.41. The number of carbonyl (C=O) groups is 1. The smallest absolute Gasteiger partial charge is 0.278 e. The molecule has 1 N–H and O–H groups in total. The Hall–Kier alpha value is -4.84. The Balaban J connectivity index is 1.51. The Morgan fingerprint density at radius 1 is 0.917 bits per heavy atom. The number of hydrogen-bond acceptors (Lipinski definition) is 4. The van der Waals surface area contributed by atoms with Crippen LogP contribution in [0.25, 0.3) is 22.9 Å². The first-order valence-corrected chi connectivity index (χ1v) is 11.6. The lowest BCUT2D eigenvalue weighted by Crippen LogP contribution is -2.25. The van der Waals surface area contributed by atoms with E-state index in [9.17, 15) is 9.59 Å². The second-order valence-electron chi connectivity index (χ2n) is 8.45. The van der Waals surface area contributed by atoms with Crippen LogP contribution in [0.1, 0.15) is 23.7 Å². The summed E-state index contributed by atoms with van der Waals surface area (Å²) in [5, 5.41) is 2.94. The molecule has 0 saturated carbocycles. The highest BCUT2D eigenvalue weighted by molar-refractivity contribution is 6.06. The van der Waals surface area contributed by atoms with E-state index in [0.29, 0.717) is 40.2 Å². The Morgan fingerprint density at radius 2 is 1.67 bits per heavy atom. The number of anilines is 1. The van der Waals surface area contributed by atoms with Crippen LogP contribution >= 0.6 is 0 Å². The van der Waals surface area contributed by atoms with Gasteiger partial charge < -0.3 is 5.32 Å². The highest BCUT2D eigenvalue weighted by Crippen LogP contribution is 2.19. The molecule has 0 atom stereocenters. The number of hydrogen-bond donors (Lipinski definition) is 1. The van der Waals surface area contributed by atoms with Crippen molar-refractivity contribution in [2.75, 3.05) is 5.32 Å². The molecule has 0 aliphatic carbocycles. The number of nitrogens with zero attached hydrogens (tertiary/aromatic N) is 3. The molecule has 2 aromatic heterocycles. The number of rotatable bonds is 6. The Labute approximate surface area is 208 Å². The van der Waals surface area contributed by atoms with Crippen LogP contribution in [0.4, 0.5) is 5.69 Å². The molecule has 0 fully saturated rings. The molecular weight excluding hydrogens is 448 g/mol. The van der Waals surface area contributed by atoms with Crippen molar-refractivity contribution in [2.24, 2.45) is 0 Å². The molecule has 0 aliphatic heterocycles. The summed E-state index contributed by atoms with van der Waals surface area (Å²) in [6.45, 7) is 1.77. The number of pyridine rings is 1. The van der Waals surface area contributed by atoms with Gasteiger partial charge in [-0.15, -0.1) is 0 Å². The fraction of sp³-hybridized carbons (Fsp3) is 0.0667. The van der Waals surface area contributed by atoms with E-state index < -0.39 is 0 Å². The summed E-state index contributed by atoms with van der Waals surface area (Å²) in [5.74, 6) is -0.217. The highest BCUT2D eigenvalue weighted by Gasteiger charge is 2.15. The molecule has 5 aromatic rings. The fourth-order valence-corrected chi connectivity index (χ4v) is 4.03. The normalized spacial score (nSPS) is 11.4. The topological polar surface area (TPSA) is 76.9 Å². The van der Waals surface area contributed by atoms with Gasteiger partial charge in [0, 0.05) is 23.9 Å². The number of nitrogens with one attached hydrogen (secondary N) is 1. The number of carbonyl (C=O) groups excluding carboxylic acids is 1. The molecule has 0 spiro atoms. The number of benzene rings is 3. The third-order valence-corrected chi connectivity index (χ3v) is 5.80. The maximum atomic E-state index is 13.6. The van der Waals surface area contributed by atoms with Gasteiger partial charge in [0.15, 0.2) is 5.65 Å². The second-order valence-corrected chi connectivity index (χ2v) is 8.45. The van der Waals surface area contributed by atoms with Gasteiger partial charge in [0.05, 0.1) is 5.69 Å². The Bertz CT molecular complexity index is 1620. The van der Waals surface area contributed by atoms with Gasteiger partial charge in [-0.25, -0.2) is 9.97 Å². The van der Waals surface area contributed by atoms with Crippen LogP contribution in [0.5, 0.6) is 0 Å². The first-order chi connectivity index (χ1) is 17.6.